The summed E-state index contributed by atoms with van der Waals surface area (Å²) in [5.41, 5.74) is 5.09. The number of nitrogens with zero attached hydrogens (tertiary/aromatic N) is 2. The quantitative estimate of drug-likeness (QED) is 0.264. The second-order valence-corrected chi connectivity index (χ2v) is 9.05. The molecule has 1 heterocycles. The summed E-state index contributed by atoms with van der Waals surface area (Å²) in [6.45, 7) is 6.33. The first-order valence-corrected chi connectivity index (χ1v) is 11.1. The van der Waals surface area contributed by atoms with E-state index >= 15 is 0 Å². The SMILES string of the molecule is C#CCCc1nc2ccccc2n1Cc1ccc(-c2ccccc2C(=O)OC(C)(C)C)cc1. The van der Waals surface area contributed by atoms with Gasteiger partial charge in [0, 0.05) is 19.4 Å². The highest BCUT2D eigenvalue weighted by Crippen LogP contribution is 2.27. The Labute approximate surface area is 195 Å². The van der Waals surface area contributed by atoms with Gasteiger partial charge in [0.15, 0.2) is 0 Å². The molecule has 33 heavy (non-hydrogen) atoms. The van der Waals surface area contributed by atoms with Crippen LogP contribution in [0.15, 0.2) is 72.8 Å². The number of hydrogen-bond acceptors (Lipinski definition) is 3. The van der Waals surface area contributed by atoms with E-state index in [4.69, 9.17) is 16.1 Å². The summed E-state index contributed by atoms with van der Waals surface area (Å²) in [7, 11) is 0. The maximum Gasteiger partial charge on any atom is 0.339 e. The van der Waals surface area contributed by atoms with Crippen molar-refractivity contribution in [2.45, 2.75) is 45.8 Å². The fourth-order valence-corrected chi connectivity index (χ4v) is 3.89. The molecule has 0 unspecified atom stereocenters. The Morgan fingerprint density at radius 2 is 1.70 bits per heavy atom. The molecule has 0 saturated heterocycles. The van der Waals surface area contributed by atoms with Gasteiger partial charge in [0.2, 0.25) is 0 Å². The third kappa shape index (κ3) is 5.15. The van der Waals surface area contributed by atoms with Crippen molar-refractivity contribution in [3.05, 3.63) is 89.7 Å². The molecule has 3 aromatic carbocycles. The Morgan fingerprint density at radius 1 is 1.00 bits per heavy atom. The van der Waals surface area contributed by atoms with E-state index in [1.54, 1.807) is 0 Å². The molecule has 0 aliphatic carbocycles. The molecule has 1 aromatic heterocycles. The molecule has 0 saturated carbocycles. The summed E-state index contributed by atoms with van der Waals surface area (Å²) in [4.78, 5) is 17.5. The van der Waals surface area contributed by atoms with Crippen molar-refractivity contribution >= 4 is 17.0 Å². The van der Waals surface area contributed by atoms with E-state index in [0.29, 0.717) is 18.5 Å². The lowest BCUT2D eigenvalue weighted by molar-refractivity contribution is 0.00704. The summed E-state index contributed by atoms with van der Waals surface area (Å²) >= 11 is 0. The molecule has 0 aliphatic heterocycles. The third-order valence-electron chi connectivity index (χ3n) is 5.38. The molecule has 0 bridgehead atoms. The lowest BCUT2D eigenvalue weighted by Gasteiger charge is -2.20. The van der Waals surface area contributed by atoms with Crippen molar-refractivity contribution in [3.63, 3.8) is 0 Å². The smallest absolute Gasteiger partial charge is 0.339 e. The van der Waals surface area contributed by atoms with Crippen LogP contribution in [0.5, 0.6) is 0 Å². The number of fused-ring (bicyclic) bond motifs is 1. The number of aromatic nitrogens is 2. The number of rotatable bonds is 6. The second kappa shape index (κ2) is 9.34. The van der Waals surface area contributed by atoms with Gasteiger partial charge in [0.1, 0.15) is 11.4 Å². The van der Waals surface area contributed by atoms with Crippen LogP contribution in [-0.4, -0.2) is 21.1 Å². The minimum absolute atomic E-state index is 0.315. The fraction of sp³-hybridized carbons (Fsp3) is 0.241. The highest BCUT2D eigenvalue weighted by Gasteiger charge is 2.20. The molecule has 0 atom stereocenters. The van der Waals surface area contributed by atoms with Gasteiger partial charge < -0.3 is 9.30 Å². The van der Waals surface area contributed by atoms with Crippen LogP contribution in [0.25, 0.3) is 22.2 Å². The normalized spacial score (nSPS) is 11.3. The lowest BCUT2D eigenvalue weighted by Crippen LogP contribution is -2.24. The van der Waals surface area contributed by atoms with E-state index in [1.807, 2.05) is 63.2 Å². The van der Waals surface area contributed by atoms with Crippen molar-refractivity contribution in [1.29, 1.82) is 0 Å². The Balaban J connectivity index is 1.63. The Bertz CT molecular complexity index is 1320. The number of esters is 1. The van der Waals surface area contributed by atoms with Crippen molar-refractivity contribution in [1.82, 2.24) is 9.55 Å². The number of benzene rings is 3. The topological polar surface area (TPSA) is 44.1 Å². The first kappa shape index (κ1) is 22.4. The van der Waals surface area contributed by atoms with Gasteiger partial charge in [-0.25, -0.2) is 9.78 Å². The van der Waals surface area contributed by atoms with Crippen LogP contribution >= 0.6 is 0 Å². The van der Waals surface area contributed by atoms with Gasteiger partial charge in [-0.3, -0.25) is 0 Å². The van der Waals surface area contributed by atoms with Gasteiger partial charge in [-0.1, -0.05) is 54.6 Å². The zero-order valence-corrected chi connectivity index (χ0v) is 19.3. The first-order chi connectivity index (χ1) is 15.9. The molecular formula is C29H28N2O2. The predicted octanol–water partition coefficient (Wildman–Crippen LogP) is 6.27. The number of imidazole rings is 1. The summed E-state index contributed by atoms with van der Waals surface area (Å²) < 4.78 is 7.84. The van der Waals surface area contributed by atoms with Crippen LogP contribution in [-0.2, 0) is 17.7 Å². The highest BCUT2D eigenvalue weighted by atomic mass is 16.6. The molecule has 0 spiro atoms. The summed E-state index contributed by atoms with van der Waals surface area (Å²) in [5, 5.41) is 0. The molecule has 0 amide bonds. The minimum atomic E-state index is -0.543. The summed E-state index contributed by atoms with van der Waals surface area (Å²) in [6, 6.07) is 24.0. The zero-order chi connectivity index (χ0) is 23.4. The number of para-hydroxylation sites is 2. The Hall–Kier alpha value is -3.84. The average molecular weight is 437 g/mol. The van der Waals surface area contributed by atoms with E-state index < -0.39 is 5.60 Å². The van der Waals surface area contributed by atoms with Gasteiger partial charge in [-0.15, -0.1) is 12.3 Å². The van der Waals surface area contributed by atoms with Crippen molar-refractivity contribution in [2.24, 2.45) is 0 Å². The average Bonchev–Trinajstić information content (AvgIpc) is 3.14. The molecule has 166 valence electrons. The molecule has 0 radical (unpaired) electrons. The van der Waals surface area contributed by atoms with E-state index in [2.05, 4.69) is 40.8 Å². The van der Waals surface area contributed by atoms with Gasteiger partial charge in [0.05, 0.1) is 16.6 Å². The maximum absolute atomic E-state index is 12.7. The molecule has 4 rings (SSSR count). The number of terminal acetylenes is 1. The number of hydrogen-bond donors (Lipinski definition) is 0. The monoisotopic (exact) mass is 436 g/mol. The van der Waals surface area contributed by atoms with Crippen LogP contribution < -0.4 is 0 Å². The molecule has 4 aromatic rings. The van der Waals surface area contributed by atoms with Crippen LogP contribution in [0.4, 0.5) is 0 Å². The van der Waals surface area contributed by atoms with E-state index in [9.17, 15) is 4.79 Å². The summed E-state index contributed by atoms with van der Waals surface area (Å²) in [6.07, 6.45) is 6.89. The molecular weight excluding hydrogens is 408 g/mol. The lowest BCUT2D eigenvalue weighted by atomic mass is 9.98. The van der Waals surface area contributed by atoms with Gasteiger partial charge in [-0.2, -0.15) is 0 Å². The molecule has 0 N–H and O–H groups in total. The van der Waals surface area contributed by atoms with Gasteiger partial charge in [0.25, 0.3) is 0 Å². The number of carbonyl (C=O) groups excluding carboxylic acids is 1. The van der Waals surface area contributed by atoms with Crippen LogP contribution in [0.1, 0.15) is 48.9 Å². The number of ether oxygens (including phenoxy) is 1. The van der Waals surface area contributed by atoms with Crippen LogP contribution in [0, 0.1) is 12.3 Å². The fourth-order valence-electron chi connectivity index (χ4n) is 3.89. The van der Waals surface area contributed by atoms with E-state index in [-0.39, 0.29) is 5.97 Å². The second-order valence-electron chi connectivity index (χ2n) is 9.05. The molecule has 0 fully saturated rings. The van der Waals surface area contributed by atoms with E-state index in [1.165, 1.54) is 0 Å². The van der Waals surface area contributed by atoms with Crippen molar-refractivity contribution in [3.8, 4) is 23.5 Å². The van der Waals surface area contributed by atoms with Crippen molar-refractivity contribution in [2.75, 3.05) is 0 Å². The Kier molecular flexibility index (Phi) is 6.33. The number of carbonyl (C=O) groups is 1. The standard InChI is InChI=1S/C29H28N2O2/c1-5-6-15-27-30-25-13-9-10-14-26(25)31(27)20-21-16-18-22(19-17-21)23-11-7-8-12-24(23)28(32)33-29(2,3)4/h1,7-14,16-19H,6,15,20H2,2-4H3. The molecule has 0 aliphatic rings. The van der Waals surface area contributed by atoms with Gasteiger partial charge >= 0.3 is 5.97 Å². The van der Waals surface area contributed by atoms with Crippen LogP contribution in [0.3, 0.4) is 0 Å². The zero-order valence-electron chi connectivity index (χ0n) is 19.3. The van der Waals surface area contributed by atoms with Gasteiger partial charge in [-0.05, 0) is 55.7 Å². The highest BCUT2D eigenvalue weighted by molar-refractivity contribution is 5.97. The maximum atomic E-state index is 12.7. The van der Waals surface area contributed by atoms with E-state index in [0.717, 1.165) is 40.0 Å². The largest absolute Gasteiger partial charge is 0.456 e. The summed E-state index contributed by atoms with van der Waals surface area (Å²) in [5.74, 6) is 3.39. The molecule has 4 heteroatoms. The first-order valence-electron chi connectivity index (χ1n) is 11.1. The molecule has 4 nitrogen and oxygen atoms in total. The van der Waals surface area contributed by atoms with Crippen molar-refractivity contribution < 1.29 is 9.53 Å². The third-order valence-corrected chi connectivity index (χ3v) is 5.38. The number of aryl methyl sites for hydroxylation is 1. The van der Waals surface area contributed by atoms with Crippen LogP contribution in [0.2, 0.25) is 0 Å². The minimum Gasteiger partial charge on any atom is -0.456 e. The Morgan fingerprint density at radius 3 is 2.42 bits per heavy atom. The predicted molar refractivity (Wildman–Crippen MR) is 133 cm³/mol.